The predicted octanol–water partition coefficient (Wildman–Crippen LogP) is 4.07. The van der Waals surface area contributed by atoms with Crippen molar-refractivity contribution in [3.05, 3.63) is 29.3 Å². The fourth-order valence-electron chi connectivity index (χ4n) is 2.93. The molecule has 0 heterocycles. The number of hydrogen-bond acceptors (Lipinski definition) is 4. The first-order valence-corrected chi connectivity index (χ1v) is 8.97. The van der Waals surface area contributed by atoms with E-state index < -0.39 is 6.10 Å². The summed E-state index contributed by atoms with van der Waals surface area (Å²) < 4.78 is 5.68. The Morgan fingerprint density at radius 1 is 1.36 bits per heavy atom. The summed E-state index contributed by atoms with van der Waals surface area (Å²) in [6.45, 7) is 1.97. The van der Waals surface area contributed by atoms with E-state index in [9.17, 15) is 5.11 Å². The quantitative estimate of drug-likeness (QED) is 0.344. The Balaban J connectivity index is 2.22. The number of aliphatic hydroxyl groups is 1. The number of halogens is 1. The Kier molecular flexibility index (Phi) is 6.70. The Morgan fingerprint density at radius 2 is 2.09 bits per heavy atom. The van der Waals surface area contributed by atoms with Crippen LogP contribution in [0.3, 0.4) is 0 Å². The van der Waals surface area contributed by atoms with Crippen molar-refractivity contribution in [2.24, 2.45) is 5.16 Å². The van der Waals surface area contributed by atoms with Crippen LogP contribution in [0, 0.1) is 0 Å². The summed E-state index contributed by atoms with van der Waals surface area (Å²) >= 11 is 3.22. The van der Waals surface area contributed by atoms with E-state index in [1.54, 1.807) is 6.92 Å². The second-order valence-corrected chi connectivity index (χ2v) is 6.54. The van der Waals surface area contributed by atoms with Gasteiger partial charge in [-0.1, -0.05) is 46.4 Å². The lowest BCUT2D eigenvalue weighted by molar-refractivity contribution is 0.127. The smallest absolute Gasteiger partial charge is 0.128 e. The SMILES string of the molecule is C/C(=N\O)c1cc(C2CCCCC2)ccc1OCC(O)CBr. The fraction of sp³-hybridized carbons (Fsp3) is 0.588. The van der Waals surface area contributed by atoms with Gasteiger partial charge >= 0.3 is 0 Å². The molecule has 0 spiro atoms. The Hall–Kier alpha value is -1.07. The van der Waals surface area contributed by atoms with E-state index in [0.29, 0.717) is 22.7 Å². The van der Waals surface area contributed by atoms with Crippen molar-refractivity contribution in [1.29, 1.82) is 0 Å². The summed E-state index contributed by atoms with van der Waals surface area (Å²) in [7, 11) is 0. The summed E-state index contributed by atoms with van der Waals surface area (Å²) in [6, 6.07) is 6.09. The number of alkyl halides is 1. The molecule has 0 radical (unpaired) electrons. The van der Waals surface area contributed by atoms with Gasteiger partial charge in [-0.05, 0) is 43.4 Å². The number of hydrogen-bond donors (Lipinski definition) is 2. The largest absolute Gasteiger partial charge is 0.490 e. The molecule has 4 nitrogen and oxygen atoms in total. The van der Waals surface area contributed by atoms with Gasteiger partial charge in [0.2, 0.25) is 0 Å². The van der Waals surface area contributed by atoms with Crippen LogP contribution in [0.1, 0.15) is 56.1 Å². The molecule has 0 saturated heterocycles. The van der Waals surface area contributed by atoms with Crippen LogP contribution in [0.15, 0.2) is 23.4 Å². The first-order valence-electron chi connectivity index (χ1n) is 7.85. The topological polar surface area (TPSA) is 62.1 Å². The van der Waals surface area contributed by atoms with E-state index in [1.807, 2.05) is 6.07 Å². The van der Waals surface area contributed by atoms with Gasteiger partial charge in [-0.15, -0.1) is 0 Å². The van der Waals surface area contributed by atoms with Crippen LogP contribution in [0.2, 0.25) is 0 Å². The van der Waals surface area contributed by atoms with Crippen LogP contribution < -0.4 is 4.74 Å². The molecule has 1 unspecified atom stereocenters. The van der Waals surface area contributed by atoms with Crippen molar-refractivity contribution >= 4 is 21.6 Å². The zero-order chi connectivity index (χ0) is 15.9. The first kappa shape index (κ1) is 17.3. The van der Waals surface area contributed by atoms with Gasteiger partial charge in [-0.2, -0.15) is 0 Å². The summed E-state index contributed by atoms with van der Waals surface area (Å²) in [4.78, 5) is 0. The third-order valence-corrected chi connectivity index (χ3v) is 4.98. The van der Waals surface area contributed by atoms with Crippen molar-refractivity contribution in [2.45, 2.75) is 51.0 Å². The average Bonchev–Trinajstić information content (AvgIpc) is 2.59. The molecule has 1 aliphatic carbocycles. The minimum absolute atomic E-state index is 0.208. The van der Waals surface area contributed by atoms with E-state index >= 15 is 0 Å². The second kappa shape index (κ2) is 8.53. The van der Waals surface area contributed by atoms with Crippen LogP contribution in [-0.4, -0.2) is 34.1 Å². The van der Waals surface area contributed by atoms with Gasteiger partial charge in [-0.3, -0.25) is 0 Å². The molecule has 1 aromatic rings. The first-order chi connectivity index (χ1) is 10.7. The minimum Gasteiger partial charge on any atom is -0.490 e. The highest BCUT2D eigenvalue weighted by Crippen LogP contribution is 2.34. The van der Waals surface area contributed by atoms with Gasteiger partial charge in [-0.25, -0.2) is 0 Å². The van der Waals surface area contributed by atoms with E-state index in [1.165, 1.54) is 37.7 Å². The highest BCUT2D eigenvalue weighted by atomic mass is 79.9. The van der Waals surface area contributed by atoms with Crippen LogP contribution in [0.25, 0.3) is 0 Å². The summed E-state index contributed by atoms with van der Waals surface area (Å²) in [5, 5.41) is 22.5. The van der Waals surface area contributed by atoms with E-state index in [0.717, 1.165) is 5.56 Å². The third-order valence-electron chi connectivity index (χ3n) is 4.23. The van der Waals surface area contributed by atoms with Gasteiger partial charge in [0.15, 0.2) is 0 Å². The van der Waals surface area contributed by atoms with Crippen molar-refractivity contribution in [2.75, 3.05) is 11.9 Å². The third kappa shape index (κ3) is 4.46. The number of benzene rings is 1. The highest BCUT2D eigenvalue weighted by molar-refractivity contribution is 9.09. The lowest BCUT2D eigenvalue weighted by Crippen LogP contribution is -2.19. The lowest BCUT2D eigenvalue weighted by atomic mass is 9.83. The van der Waals surface area contributed by atoms with Gasteiger partial charge < -0.3 is 15.1 Å². The number of aliphatic hydroxyl groups excluding tert-OH is 1. The molecular formula is C17H24BrNO3. The molecule has 22 heavy (non-hydrogen) atoms. The molecule has 2 N–H and O–H groups in total. The highest BCUT2D eigenvalue weighted by Gasteiger charge is 2.18. The Labute approximate surface area is 140 Å². The molecule has 122 valence electrons. The molecule has 1 atom stereocenters. The average molecular weight is 370 g/mol. The Bertz CT molecular complexity index is 513. The molecule has 1 aliphatic rings. The maximum absolute atomic E-state index is 9.61. The summed E-state index contributed by atoms with van der Waals surface area (Å²) in [5.41, 5.74) is 2.61. The molecule has 0 aromatic heterocycles. The zero-order valence-electron chi connectivity index (χ0n) is 13.0. The normalized spacial score (nSPS) is 18.2. The minimum atomic E-state index is -0.558. The van der Waals surface area contributed by atoms with Crippen molar-refractivity contribution in [3.63, 3.8) is 0 Å². The summed E-state index contributed by atoms with van der Waals surface area (Å²) in [5.74, 6) is 1.23. The van der Waals surface area contributed by atoms with Crippen LogP contribution >= 0.6 is 15.9 Å². The maximum atomic E-state index is 9.61. The molecule has 1 saturated carbocycles. The van der Waals surface area contributed by atoms with Crippen LogP contribution in [0.4, 0.5) is 0 Å². The second-order valence-electron chi connectivity index (χ2n) is 5.90. The van der Waals surface area contributed by atoms with Gasteiger partial charge in [0.25, 0.3) is 0 Å². The standard InChI is InChI=1S/C17H24BrNO3/c1-12(19-21)16-9-14(13-5-3-2-4-6-13)7-8-17(16)22-11-15(20)10-18/h7-9,13,15,20-21H,2-6,10-11H2,1H3/b19-12+. The molecular weight excluding hydrogens is 346 g/mol. The fourth-order valence-corrected chi connectivity index (χ4v) is 3.12. The molecule has 5 heteroatoms. The number of rotatable bonds is 6. The molecule has 2 rings (SSSR count). The van der Waals surface area contributed by atoms with Gasteiger partial charge in [0, 0.05) is 10.9 Å². The lowest BCUT2D eigenvalue weighted by Gasteiger charge is -2.23. The maximum Gasteiger partial charge on any atom is 0.128 e. The summed E-state index contributed by atoms with van der Waals surface area (Å²) in [6.07, 6.45) is 5.77. The van der Waals surface area contributed by atoms with Crippen LogP contribution in [-0.2, 0) is 0 Å². The van der Waals surface area contributed by atoms with Crippen LogP contribution in [0.5, 0.6) is 5.75 Å². The number of oxime groups is 1. The zero-order valence-corrected chi connectivity index (χ0v) is 14.6. The van der Waals surface area contributed by atoms with Gasteiger partial charge in [0.1, 0.15) is 12.4 Å². The molecule has 0 amide bonds. The number of ether oxygens (including phenoxy) is 1. The predicted molar refractivity (Wildman–Crippen MR) is 91.6 cm³/mol. The monoisotopic (exact) mass is 369 g/mol. The van der Waals surface area contributed by atoms with Gasteiger partial charge in [0.05, 0.1) is 11.8 Å². The van der Waals surface area contributed by atoms with Crippen molar-refractivity contribution in [1.82, 2.24) is 0 Å². The van der Waals surface area contributed by atoms with E-state index in [4.69, 9.17) is 9.94 Å². The van der Waals surface area contributed by atoms with E-state index in [-0.39, 0.29) is 6.61 Å². The Morgan fingerprint density at radius 3 is 2.73 bits per heavy atom. The molecule has 1 fully saturated rings. The number of nitrogens with zero attached hydrogens (tertiary/aromatic N) is 1. The molecule has 0 bridgehead atoms. The van der Waals surface area contributed by atoms with Crippen molar-refractivity contribution < 1.29 is 15.1 Å². The van der Waals surface area contributed by atoms with Crippen molar-refractivity contribution in [3.8, 4) is 5.75 Å². The molecule has 0 aliphatic heterocycles. The molecule has 1 aromatic carbocycles. The van der Waals surface area contributed by atoms with E-state index in [2.05, 4.69) is 33.2 Å².